The predicted molar refractivity (Wildman–Crippen MR) is 100 cm³/mol. The molecule has 0 spiro atoms. The standard InChI is InChI=1S/C16H23Si3.Na/c1-18(2,15-11-7-5-8-12-15)17-19(3,4)16-13-9-6-10-14-16;/h5-14,17H,1-4H3;. The molecule has 0 amide bonds. The number of hydrogen-bond acceptors (Lipinski definition) is 0. The first-order valence-electron chi connectivity index (χ1n) is 7.48. The van der Waals surface area contributed by atoms with Crippen LogP contribution in [0.5, 0.6) is 0 Å². The van der Waals surface area contributed by atoms with Crippen LogP contribution in [0.1, 0.15) is 0 Å². The van der Waals surface area contributed by atoms with E-state index in [4.69, 9.17) is 0 Å². The van der Waals surface area contributed by atoms with Gasteiger partial charge in [0.25, 0.3) is 0 Å². The van der Waals surface area contributed by atoms with Crippen LogP contribution in [-0.4, -0.2) is 46.6 Å². The molecule has 0 saturated heterocycles. The third kappa shape index (κ3) is 3.29. The third-order valence-corrected chi connectivity index (χ3v) is 67.1. The Morgan fingerprint density at radius 3 is 1.25 bits per heavy atom. The molecule has 0 atom stereocenters. The van der Waals surface area contributed by atoms with E-state index >= 15 is 0 Å². The molecule has 2 aromatic rings. The van der Waals surface area contributed by atoms with Crippen LogP contribution in [0.3, 0.4) is 0 Å². The Morgan fingerprint density at radius 1 is 0.650 bits per heavy atom. The van der Waals surface area contributed by atoms with E-state index in [2.05, 4.69) is 86.9 Å². The summed E-state index contributed by atoms with van der Waals surface area (Å²) in [6.07, 6.45) is 0. The summed E-state index contributed by atoms with van der Waals surface area (Å²) in [6, 6.07) is 22.8. The summed E-state index contributed by atoms with van der Waals surface area (Å²) >= 11 is 1.44. The van der Waals surface area contributed by atoms with Crippen molar-refractivity contribution in [2.45, 2.75) is 26.2 Å². The van der Waals surface area contributed by atoms with Crippen LogP contribution in [0.25, 0.3) is 0 Å². The first-order valence-corrected chi connectivity index (χ1v) is 21.7. The quantitative estimate of drug-likeness (QED) is 0.758. The third-order valence-electron chi connectivity index (χ3n) is 5.20. The summed E-state index contributed by atoms with van der Waals surface area (Å²) in [7, 11) is -2.48. The fraction of sp³-hybridized carbons (Fsp3) is 0.250. The van der Waals surface area contributed by atoms with Crippen molar-refractivity contribution in [2.75, 3.05) is 0 Å². The molecule has 0 aliphatic heterocycles. The summed E-state index contributed by atoms with van der Waals surface area (Å²) in [6.45, 7) is 10.5. The molecule has 0 N–H and O–H groups in total. The van der Waals surface area contributed by atoms with Gasteiger partial charge >= 0.3 is 144 Å². The fourth-order valence-electron chi connectivity index (χ4n) is 3.14. The Hall–Kier alpha value is 0.0906. The number of rotatable bonds is 4. The average Bonchev–Trinajstić information content (AvgIpc) is 2.48. The van der Waals surface area contributed by atoms with Gasteiger partial charge in [-0.3, -0.25) is 0 Å². The molecule has 0 unspecified atom stereocenters. The molecule has 0 heterocycles. The zero-order valence-electron chi connectivity index (χ0n) is 13.4. The molecule has 0 bridgehead atoms. The van der Waals surface area contributed by atoms with Gasteiger partial charge in [0.15, 0.2) is 0 Å². The van der Waals surface area contributed by atoms with Gasteiger partial charge in [0, 0.05) is 0 Å². The average molecular weight is 323 g/mol. The summed E-state index contributed by atoms with van der Waals surface area (Å²) in [5.74, 6) is 0. The van der Waals surface area contributed by atoms with Gasteiger partial charge in [0.05, 0.1) is 0 Å². The van der Waals surface area contributed by atoms with E-state index in [1.807, 2.05) is 0 Å². The molecule has 2 rings (SSSR count). The molecule has 20 heavy (non-hydrogen) atoms. The van der Waals surface area contributed by atoms with Gasteiger partial charge in [-0.15, -0.1) is 0 Å². The number of hydrogen-bond donors (Lipinski definition) is 0. The van der Waals surface area contributed by atoms with E-state index in [1.54, 1.807) is 10.4 Å². The summed E-state index contributed by atoms with van der Waals surface area (Å²) < 4.78 is -0.657. The molecule has 0 aromatic heterocycles. The van der Waals surface area contributed by atoms with E-state index in [0.717, 1.165) is 0 Å². The van der Waals surface area contributed by atoms with Crippen molar-refractivity contribution >= 4 is 57.0 Å². The van der Waals surface area contributed by atoms with Crippen LogP contribution >= 0.6 is 0 Å². The first-order chi connectivity index (χ1) is 9.37. The molecular formula is C16H23NaSi3. The summed E-state index contributed by atoms with van der Waals surface area (Å²) in [5, 5.41) is 3.37. The van der Waals surface area contributed by atoms with Gasteiger partial charge in [-0.25, -0.2) is 0 Å². The monoisotopic (exact) mass is 322 g/mol. The topological polar surface area (TPSA) is 0 Å². The van der Waals surface area contributed by atoms with Crippen LogP contribution in [0, 0.1) is 0 Å². The van der Waals surface area contributed by atoms with Crippen molar-refractivity contribution in [1.82, 2.24) is 0 Å². The zero-order valence-corrected chi connectivity index (χ0v) is 18.5. The van der Waals surface area contributed by atoms with Crippen LogP contribution in [0.2, 0.25) is 26.2 Å². The van der Waals surface area contributed by atoms with Crippen molar-refractivity contribution in [3.05, 3.63) is 60.7 Å². The van der Waals surface area contributed by atoms with E-state index in [0.29, 0.717) is 0 Å². The van der Waals surface area contributed by atoms with Gasteiger partial charge in [0.1, 0.15) is 0 Å². The van der Waals surface area contributed by atoms with Crippen molar-refractivity contribution < 1.29 is 0 Å². The Kier molecular flexibility index (Phi) is 5.32. The minimum absolute atomic E-state index is 0.657. The van der Waals surface area contributed by atoms with Crippen molar-refractivity contribution in [3.8, 4) is 0 Å². The number of benzene rings is 2. The maximum atomic E-state index is 2.63. The van der Waals surface area contributed by atoms with Crippen LogP contribution in [0.4, 0.5) is 0 Å². The van der Waals surface area contributed by atoms with Gasteiger partial charge in [0.2, 0.25) is 0 Å². The van der Waals surface area contributed by atoms with Gasteiger partial charge in [-0.05, 0) is 0 Å². The van der Waals surface area contributed by atoms with Crippen LogP contribution < -0.4 is 10.4 Å². The molecule has 2 aromatic carbocycles. The normalized spacial score (nSPS) is 12.8. The van der Waals surface area contributed by atoms with Crippen molar-refractivity contribution in [3.63, 3.8) is 0 Å². The first kappa shape index (κ1) is 16.5. The molecule has 0 saturated carbocycles. The van der Waals surface area contributed by atoms with Crippen LogP contribution in [-0.2, 0) is 0 Å². The molecule has 0 aliphatic rings. The van der Waals surface area contributed by atoms with E-state index in [1.165, 1.54) is 27.0 Å². The van der Waals surface area contributed by atoms with Gasteiger partial charge < -0.3 is 0 Å². The summed E-state index contributed by atoms with van der Waals surface area (Å²) in [5.41, 5.74) is 0. The molecule has 0 fully saturated rings. The second-order valence-electron chi connectivity index (χ2n) is 6.90. The minimum atomic E-state index is -1.24. The molecule has 0 aliphatic carbocycles. The van der Waals surface area contributed by atoms with Gasteiger partial charge in [-0.2, -0.15) is 0 Å². The van der Waals surface area contributed by atoms with E-state index < -0.39 is 19.6 Å². The Bertz CT molecular complexity index is 501. The fourth-order valence-corrected chi connectivity index (χ4v) is 42.9. The van der Waals surface area contributed by atoms with E-state index in [-0.39, 0.29) is 0 Å². The predicted octanol–water partition coefficient (Wildman–Crippen LogP) is 2.27. The Balaban J connectivity index is 2.37. The molecule has 100 valence electrons. The maximum absolute atomic E-state index is 2.63. The molecule has 0 nitrogen and oxygen atoms in total. The van der Waals surface area contributed by atoms with Crippen molar-refractivity contribution in [1.29, 1.82) is 0 Å². The molecule has 0 radical (unpaired) electrons. The zero-order chi connectivity index (χ0) is 14.8. The second kappa shape index (κ2) is 6.46. The van der Waals surface area contributed by atoms with Crippen LogP contribution in [0.15, 0.2) is 60.7 Å². The second-order valence-corrected chi connectivity index (χ2v) is 42.4. The van der Waals surface area contributed by atoms with Gasteiger partial charge in [-0.1, -0.05) is 0 Å². The molecular weight excluding hydrogens is 299 g/mol. The Morgan fingerprint density at radius 2 is 0.950 bits per heavy atom. The summed E-state index contributed by atoms with van der Waals surface area (Å²) in [4.78, 5) is 0. The Labute approximate surface area is 143 Å². The molecule has 4 heteroatoms. The van der Waals surface area contributed by atoms with Crippen molar-refractivity contribution in [2.24, 2.45) is 0 Å². The SMILES string of the molecule is C[Si](C)(c1ccccc1)[SiH]([Na])[Si](C)(C)c1ccccc1. The van der Waals surface area contributed by atoms with E-state index in [9.17, 15) is 0 Å².